The zero-order valence-corrected chi connectivity index (χ0v) is 20.6. The summed E-state index contributed by atoms with van der Waals surface area (Å²) in [6.07, 6.45) is 3.33. The maximum atomic E-state index is 13.0. The number of amides is 2. The molecule has 0 unspecified atom stereocenters. The van der Waals surface area contributed by atoms with E-state index in [1.54, 1.807) is 4.90 Å². The first-order valence-electron chi connectivity index (χ1n) is 11.9. The van der Waals surface area contributed by atoms with Crippen LogP contribution in [0.2, 0.25) is 0 Å². The van der Waals surface area contributed by atoms with Crippen molar-refractivity contribution in [2.24, 2.45) is 0 Å². The van der Waals surface area contributed by atoms with Crippen molar-refractivity contribution in [1.29, 1.82) is 0 Å². The van der Waals surface area contributed by atoms with E-state index >= 15 is 0 Å². The van der Waals surface area contributed by atoms with Crippen LogP contribution in [0.4, 0.5) is 10.5 Å². The fourth-order valence-electron chi connectivity index (χ4n) is 4.09. The van der Waals surface area contributed by atoms with Crippen LogP contribution >= 0.6 is 11.3 Å². The molecule has 1 N–H and O–H groups in total. The van der Waals surface area contributed by atoms with E-state index in [-0.39, 0.29) is 17.9 Å². The van der Waals surface area contributed by atoms with Gasteiger partial charge in [0, 0.05) is 35.6 Å². The van der Waals surface area contributed by atoms with Crippen LogP contribution in [0.3, 0.4) is 0 Å². The third kappa shape index (κ3) is 5.83. The van der Waals surface area contributed by atoms with Crippen LogP contribution < -0.4 is 5.32 Å². The lowest BCUT2D eigenvalue weighted by molar-refractivity contribution is 0.0916. The number of anilines is 1. The molecule has 2 amide bonds. The zero-order chi connectivity index (χ0) is 23.9. The van der Waals surface area contributed by atoms with E-state index < -0.39 is 0 Å². The average Bonchev–Trinajstić information content (AvgIpc) is 3.36. The second-order valence-corrected chi connectivity index (χ2v) is 9.56. The highest BCUT2D eigenvalue weighted by molar-refractivity contribution is 7.10. The summed E-state index contributed by atoms with van der Waals surface area (Å²) in [7, 11) is 0. The monoisotopic (exact) mass is 477 g/mol. The minimum absolute atomic E-state index is 0.208. The molecule has 2 heterocycles. The molecule has 0 saturated carbocycles. The predicted molar refractivity (Wildman–Crippen MR) is 136 cm³/mol. The maximum Gasteiger partial charge on any atom is 0.409 e. The van der Waals surface area contributed by atoms with Gasteiger partial charge >= 0.3 is 6.09 Å². The fourth-order valence-corrected chi connectivity index (χ4v) is 5.06. The summed E-state index contributed by atoms with van der Waals surface area (Å²) in [5.74, 6) is 0.0472. The second-order valence-electron chi connectivity index (χ2n) is 8.67. The van der Waals surface area contributed by atoms with Gasteiger partial charge in [0.1, 0.15) is 5.69 Å². The Balaban J connectivity index is 1.38. The van der Waals surface area contributed by atoms with E-state index in [9.17, 15) is 9.59 Å². The Morgan fingerprint density at radius 1 is 1.15 bits per heavy atom. The number of hydrogen-bond donors (Lipinski definition) is 1. The van der Waals surface area contributed by atoms with Crippen LogP contribution in [0, 0.1) is 6.92 Å². The SMILES string of the molecule is CCCCOC(=O)N1CCC(c2nc(C(=O)Nc3ccc(C)cc3-c3ccccc3)cs2)CC1. The molecule has 7 heteroatoms. The Bertz CT molecular complexity index is 1120. The molecule has 1 fully saturated rings. The molecule has 0 atom stereocenters. The second kappa shape index (κ2) is 11.3. The number of thiazole rings is 1. The first-order chi connectivity index (χ1) is 16.5. The Morgan fingerprint density at radius 3 is 2.65 bits per heavy atom. The first-order valence-corrected chi connectivity index (χ1v) is 12.8. The van der Waals surface area contributed by atoms with E-state index in [0.29, 0.717) is 25.4 Å². The number of hydrogen-bond acceptors (Lipinski definition) is 5. The number of rotatable bonds is 7. The Labute approximate surface area is 205 Å². The van der Waals surface area contributed by atoms with E-state index in [1.807, 2.05) is 54.8 Å². The number of aryl methyl sites for hydroxylation is 1. The van der Waals surface area contributed by atoms with Gasteiger partial charge in [0.25, 0.3) is 5.91 Å². The quantitative estimate of drug-likeness (QED) is 0.395. The molecule has 0 aliphatic carbocycles. The molecular weight excluding hydrogens is 446 g/mol. The number of carbonyl (C=O) groups is 2. The molecule has 6 nitrogen and oxygen atoms in total. The first kappa shape index (κ1) is 24.0. The summed E-state index contributed by atoms with van der Waals surface area (Å²) < 4.78 is 5.32. The number of nitrogens with one attached hydrogen (secondary N) is 1. The summed E-state index contributed by atoms with van der Waals surface area (Å²) in [6.45, 7) is 5.90. The number of likely N-dealkylation sites (tertiary alicyclic amines) is 1. The van der Waals surface area contributed by atoms with Crippen molar-refractivity contribution >= 4 is 29.0 Å². The van der Waals surface area contributed by atoms with Gasteiger partial charge in [0.2, 0.25) is 0 Å². The molecular formula is C27H31N3O3S. The van der Waals surface area contributed by atoms with E-state index in [0.717, 1.165) is 53.1 Å². The Morgan fingerprint density at radius 2 is 1.91 bits per heavy atom. The van der Waals surface area contributed by atoms with E-state index in [4.69, 9.17) is 4.74 Å². The molecule has 178 valence electrons. The summed E-state index contributed by atoms with van der Waals surface area (Å²) in [5.41, 5.74) is 4.38. The van der Waals surface area contributed by atoms with Crippen LogP contribution in [0.15, 0.2) is 53.9 Å². The van der Waals surface area contributed by atoms with Crippen molar-refractivity contribution in [1.82, 2.24) is 9.88 Å². The van der Waals surface area contributed by atoms with Crippen LogP contribution in [-0.4, -0.2) is 41.6 Å². The van der Waals surface area contributed by atoms with Crippen LogP contribution in [0.1, 0.15) is 59.6 Å². The molecule has 0 radical (unpaired) electrons. The molecule has 3 aromatic rings. The van der Waals surface area contributed by atoms with Gasteiger partial charge in [-0.25, -0.2) is 9.78 Å². The number of piperidine rings is 1. The molecule has 0 spiro atoms. The van der Waals surface area contributed by atoms with Crippen LogP contribution in [0.25, 0.3) is 11.1 Å². The van der Waals surface area contributed by atoms with Crippen molar-refractivity contribution in [3.63, 3.8) is 0 Å². The Kier molecular flexibility index (Phi) is 7.95. The van der Waals surface area contributed by atoms with Gasteiger partial charge in [-0.05, 0) is 43.9 Å². The smallest absolute Gasteiger partial charge is 0.409 e. The average molecular weight is 478 g/mol. The minimum atomic E-state index is -0.224. The molecule has 34 heavy (non-hydrogen) atoms. The van der Waals surface area contributed by atoms with Gasteiger partial charge in [-0.1, -0.05) is 55.3 Å². The number of nitrogens with zero attached hydrogens (tertiary/aromatic N) is 2. The fraction of sp³-hybridized carbons (Fsp3) is 0.370. The third-order valence-corrected chi connectivity index (χ3v) is 7.10. The standard InChI is InChI=1S/C27H31N3O3S/c1-3-4-16-33-27(32)30-14-12-21(13-15-30)26-29-24(18-34-26)25(31)28-23-11-10-19(2)17-22(23)20-8-6-5-7-9-20/h5-11,17-18,21H,3-4,12-16H2,1-2H3,(H,28,31). The summed E-state index contributed by atoms with van der Waals surface area (Å²) in [6, 6.07) is 16.1. The van der Waals surface area contributed by atoms with Crippen molar-refractivity contribution in [3.05, 3.63) is 70.2 Å². The van der Waals surface area contributed by atoms with Gasteiger partial charge < -0.3 is 15.0 Å². The highest BCUT2D eigenvalue weighted by atomic mass is 32.1. The van der Waals surface area contributed by atoms with Crippen LogP contribution in [-0.2, 0) is 4.74 Å². The van der Waals surface area contributed by atoms with E-state index in [1.165, 1.54) is 11.3 Å². The number of carbonyl (C=O) groups excluding carboxylic acids is 2. The van der Waals surface area contributed by atoms with Crippen LogP contribution in [0.5, 0.6) is 0 Å². The molecule has 2 aromatic carbocycles. The minimum Gasteiger partial charge on any atom is -0.449 e. The number of benzene rings is 2. The molecule has 4 rings (SSSR count). The highest BCUT2D eigenvalue weighted by Gasteiger charge is 2.27. The van der Waals surface area contributed by atoms with Gasteiger partial charge in [-0.15, -0.1) is 11.3 Å². The molecule has 1 aliphatic rings. The predicted octanol–water partition coefficient (Wildman–Crippen LogP) is 6.49. The van der Waals surface area contributed by atoms with Crippen molar-refractivity contribution in [2.75, 3.05) is 25.0 Å². The van der Waals surface area contributed by atoms with Gasteiger partial charge in [0.05, 0.1) is 11.6 Å². The lowest BCUT2D eigenvalue weighted by Crippen LogP contribution is -2.38. The van der Waals surface area contributed by atoms with Crippen molar-refractivity contribution in [2.45, 2.75) is 45.4 Å². The van der Waals surface area contributed by atoms with Crippen molar-refractivity contribution in [3.8, 4) is 11.1 Å². The van der Waals surface area contributed by atoms with Gasteiger partial charge in [0.15, 0.2) is 0 Å². The molecule has 1 aliphatic heterocycles. The molecule has 1 aromatic heterocycles. The number of unbranched alkanes of at least 4 members (excludes halogenated alkanes) is 1. The third-order valence-electron chi connectivity index (χ3n) is 6.09. The number of ether oxygens (including phenoxy) is 1. The summed E-state index contributed by atoms with van der Waals surface area (Å²) >= 11 is 1.52. The summed E-state index contributed by atoms with van der Waals surface area (Å²) in [4.78, 5) is 31.6. The van der Waals surface area contributed by atoms with Gasteiger partial charge in [-0.2, -0.15) is 0 Å². The summed E-state index contributed by atoms with van der Waals surface area (Å²) in [5, 5.41) is 5.83. The Hall–Kier alpha value is -3.19. The van der Waals surface area contributed by atoms with Crippen molar-refractivity contribution < 1.29 is 14.3 Å². The zero-order valence-electron chi connectivity index (χ0n) is 19.8. The normalized spacial score (nSPS) is 14.1. The number of aromatic nitrogens is 1. The highest BCUT2D eigenvalue weighted by Crippen LogP contribution is 2.32. The maximum absolute atomic E-state index is 13.0. The lowest BCUT2D eigenvalue weighted by Gasteiger charge is -2.30. The topological polar surface area (TPSA) is 71.5 Å². The lowest BCUT2D eigenvalue weighted by atomic mass is 9.98. The van der Waals surface area contributed by atoms with Gasteiger partial charge in [-0.3, -0.25) is 4.79 Å². The molecule has 1 saturated heterocycles. The largest absolute Gasteiger partial charge is 0.449 e. The molecule has 0 bridgehead atoms. The van der Waals surface area contributed by atoms with E-state index in [2.05, 4.69) is 23.3 Å².